The first-order valence-electron chi connectivity index (χ1n) is 5.89. The van der Waals surface area contributed by atoms with Gasteiger partial charge in [-0.3, -0.25) is 0 Å². The fraction of sp³-hybridized carbons (Fsp3) is 0.900. The maximum Gasteiger partial charge on any atom is 0.389 e. The van der Waals surface area contributed by atoms with Gasteiger partial charge in [0.05, 0.1) is 5.75 Å². The molecule has 5 nitrogen and oxygen atoms in total. The molecule has 0 aromatic carbocycles. The van der Waals surface area contributed by atoms with Crippen LogP contribution in [0.25, 0.3) is 0 Å². The fourth-order valence-electron chi connectivity index (χ4n) is 1.97. The number of hydrogen-bond donors (Lipinski definition) is 0. The minimum absolute atomic E-state index is 0.185. The Hall–Kier alpha value is -0.920. The van der Waals surface area contributed by atoms with Gasteiger partial charge in [0.15, 0.2) is 0 Å². The lowest BCUT2D eigenvalue weighted by Crippen LogP contribution is -2.43. The monoisotopic (exact) mass is 300 g/mol. The van der Waals surface area contributed by atoms with Crippen LogP contribution < -0.4 is 0 Å². The summed E-state index contributed by atoms with van der Waals surface area (Å²) in [6.07, 6.45) is -3.76. The van der Waals surface area contributed by atoms with Crippen LogP contribution in [0.4, 0.5) is 13.2 Å². The van der Waals surface area contributed by atoms with E-state index in [1.54, 1.807) is 0 Å². The molecule has 1 unspecified atom stereocenters. The SMILES string of the molecule is O=C=NC1CCCCN1S(=O)(=O)CCCC(F)(F)F. The number of nitrogens with zero attached hydrogens (tertiary/aromatic N) is 2. The van der Waals surface area contributed by atoms with E-state index in [-0.39, 0.29) is 6.54 Å². The maximum absolute atomic E-state index is 12.0. The Morgan fingerprint density at radius 2 is 2.00 bits per heavy atom. The van der Waals surface area contributed by atoms with Crippen LogP contribution in [0, 0.1) is 0 Å². The molecule has 1 aliphatic rings. The molecule has 0 aliphatic carbocycles. The topological polar surface area (TPSA) is 66.8 Å². The number of alkyl halides is 3. The second-order valence-electron chi connectivity index (χ2n) is 4.34. The molecule has 1 heterocycles. The van der Waals surface area contributed by atoms with Crippen LogP contribution >= 0.6 is 0 Å². The zero-order valence-corrected chi connectivity index (χ0v) is 11.0. The van der Waals surface area contributed by atoms with Crippen molar-refractivity contribution in [3.63, 3.8) is 0 Å². The van der Waals surface area contributed by atoms with Crippen LogP contribution in [0.3, 0.4) is 0 Å². The van der Waals surface area contributed by atoms with Crippen LogP contribution in [-0.4, -0.2) is 43.4 Å². The third-order valence-electron chi connectivity index (χ3n) is 2.84. The Morgan fingerprint density at radius 1 is 1.32 bits per heavy atom. The molecule has 110 valence electrons. The Bertz CT molecular complexity index is 443. The fourth-order valence-corrected chi connectivity index (χ4v) is 3.65. The van der Waals surface area contributed by atoms with Gasteiger partial charge < -0.3 is 0 Å². The van der Waals surface area contributed by atoms with Crippen molar-refractivity contribution in [3.8, 4) is 0 Å². The van der Waals surface area contributed by atoms with Crippen LogP contribution in [0.1, 0.15) is 32.1 Å². The molecule has 0 N–H and O–H groups in total. The Labute approximate surface area is 109 Å². The predicted octanol–water partition coefficient (Wildman–Crippen LogP) is 1.81. The summed E-state index contributed by atoms with van der Waals surface area (Å²) in [5.41, 5.74) is 0. The van der Waals surface area contributed by atoms with Gasteiger partial charge >= 0.3 is 6.18 Å². The van der Waals surface area contributed by atoms with Crippen LogP contribution in [0.15, 0.2) is 4.99 Å². The third kappa shape index (κ3) is 5.30. The summed E-state index contributed by atoms with van der Waals surface area (Å²) >= 11 is 0. The van der Waals surface area contributed by atoms with Crippen molar-refractivity contribution in [2.45, 2.75) is 44.4 Å². The van der Waals surface area contributed by atoms with Gasteiger partial charge in [-0.05, 0) is 25.7 Å². The number of carbonyl (C=O) groups excluding carboxylic acids is 1. The van der Waals surface area contributed by atoms with Gasteiger partial charge in [0.1, 0.15) is 6.17 Å². The van der Waals surface area contributed by atoms with Gasteiger partial charge in [-0.2, -0.15) is 22.5 Å². The molecule has 1 saturated heterocycles. The number of piperidine rings is 1. The zero-order valence-electron chi connectivity index (χ0n) is 10.2. The lowest BCUT2D eigenvalue weighted by molar-refractivity contribution is -0.134. The van der Waals surface area contributed by atoms with Crippen molar-refractivity contribution in [1.82, 2.24) is 4.31 Å². The molecular formula is C10H15F3N2O3S. The van der Waals surface area contributed by atoms with E-state index in [4.69, 9.17) is 0 Å². The van der Waals surface area contributed by atoms with Crippen molar-refractivity contribution < 1.29 is 26.4 Å². The van der Waals surface area contributed by atoms with Crippen molar-refractivity contribution in [2.24, 2.45) is 4.99 Å². The number of aliphatic imine (C=N–C) groups is 1. The highest BCUT2D eigenvalue weighted by molar-refractivity contribution is 7.89. The van der Waals surface area contributed by atoms with Crippen molar-refractivity contribution in [1.29, 1.82) is 0 Å². The Morgan fingerprint density at radius 3 is 2.58 bits per heavy atom. The summed E-state index contributed by atoms with van der Waals surface area (Å²) < 4.78 is 60.8. The van der Waals surface area contributed by atoms with Gasteiger partial charge in [-0.25, -0.2) is 13.2 Å². The van der Waals surface area contributed by atoms with Crippen LogP contribution in [0.5, 0.6) is 0 Å². The largest absolute Gasteiger partial charge is 0.389 e. The number of hydrogen-bond acceptors (Lipinski definition) is 4. The number of isocyanates is 1. The number of sulfonamides is 1. The summed E-state index contributed by atoms with van der Waals surface area (Å²) in [6, 6.07) is 0. The van der Waals surface area contributed by atoms with Gasteiger partial charge in [0.2, 0.25) is 16.1 Å². The summed E-state index contributed by atoms with van der Waals surface area (Å²) in [6.45, 7) is 0.185. The first-order chi connectivity index (χ1) is 8.76. The van der Waals surface area contributed by atoms with E-state index in [0.29, 0.717) is 12.8 Å². The van der Waals surface area contributed by atoms with Crippen molar-refractivity contribution in [3.05, 3.63) is 0 Å². The minimum atomic E-state index is -4.36. The van der Waals surface area contributed by atoms with Gasteiger partial charge in [-0.15, -0.1) is 0 Å². The molecule has 1 rings (SSSR count). The third-order valence-corrected chi connectivity index (χ3v) is 4.79. The molecular weight excluding hydrogens is 285 g/mol. The van der Waals surface area contributed by atoms with Crippen LogP contribution in [-0.2, 0) is 14.8 Å². The number of halogens is 3. The first-order valence-corrected chi connectivity index (χ1v) is 7.50. The van der Waals surface area contributed by atoms with Crippen molar-refractivity contribution in [2.75, 3.05) is 12.3 Å². The molecule has 0 saturated carbocycles. The molecule has 0 aromatic rings. The molecule has 0 spiro atoms. The summed E-state index contributed by atoms with van der Waals surface area (Å²) in [4.78, 5) is 13.6. The lowest BCUT2D eigenvalue weighted by atomic mass is 10.1. The second-order valence-corrected chi connectivity index (χ2v) is 6.38. The average Bonchev–Trinajstić information content (AvgIpc) is 2.28. The first kappa shape index (κ1) is 16.1. The summed E-state index contributed by atoms with van der Waals surface area (Å²) in [5, 5.41) is 0. The molecule has 0 radical (unpaired) electrons. The molecule has 9 heteroatoms. The van der Waals surface area contributed by atoms with E-state index in [1.807, 2.05) is 0 Å². The smallest absolute Gasteiger partial charge is 0.212 e. The second kappa shape index (κ2) is 6.49. The van der Waals surface area contributed by atoms with E-state index in [0.717, 1.165) is 10.7 Å². The lowest BCUT2D eigenvalue weighted by Gasteiger charge is -2.31. The zero-order chi connectivity index (χ0) is 14.5. The molecule has 19 heavy (non-hydrogen) atoms. The highest BCUT2D eigenvalue weighted by Crippen LogP contribution is 2.25. The van der Waals surface area contributed by atoms with E-state index in [1.165, 1.54) is 6.08 Å². The Kier molecular flexibility index (Phi) is 5.51. The normalized spacial score (nSPS) is 21.9. The highest BCUT2D eigenvalue weighted by Gasteiger charge is 2.33. The maximum atomic E-state index is 12.0. The molecule has 0 aromatic heterocycles. The van der Waals surface area contributed by atoms with Gasteiger partial charge in [0.25, 0.3) is 0 Å². The van der Waals surface area contributed by atoms with E-state index in [9.17, 15) is 26.4 Å². The molecule has 1 aliphatic heterocycles. The van der Waals surface area contributed by atoms with E-state index < -0.39 is 41.0 Å². The van der Waals surface area contributed by atoms with E-state index in [2.05, 4.69) is 4.99 Å². The van der Waals surface area contributed by atoms with E-state index >= 15 is 0 Å². The minimum Gasteiger partial charge on any atom is -0.212 e. The highest BCUT2D eigenvalue weighted by atomic mass is 32.2. The molecule has 0 bridgehead atoms. The quantitative estimate of drug-likeness (QED) is 0.574. The molecule has 1 atom stereocenters. The standard InChI is InChI=1S/C10H15F3N2O3S/c11-10(12,13)5-3-7-19(17,18)15-6-2-1-4-9(15)14-8-16/h9H,1-7H2. The van der Waals surface area contributed by atoms with Gasteiger partial charge in [0, 0.05) is 13.0 Å². The number of rotatable bonds is 5. The molecule has 1 fully saturated rings. The van der Waals surface area contributed by atoms with Crippen LogP contribution in [0.2, 0.25) is 0 Å². The Balaban J connectivity index is 2.66. The summed E-state index contributed by atoms with van der Waals surface area (Å²) in [7, 11) is -3.82. The van der Waals surface area contributed by atoms with Crippen molar-refractivity contribution >= 4 is 16.1 Å². The predicted molar refractivity (Wildman–Crippen MR) is 61.5 cm³/mol. The average molecular weight is 300 g/mol. The van der Waals surface area contributed by atoms with Gasteiger partial charge in [-0.1, -0.05) is 0 Å². The summed E-state index contributed by atoms with van der Waals surface area (Å²) in [5.74, 6) is -0.586. The molecule has 0 amide bonds.